The smallest absolute Gasteiger partial charge is 0.231 e. The molecule has 0 radical (unpaired) electrons. The van der Waals surface area contributed by atoms with E-state index >= 15 is 0 Å². The van der Waals surface area contributed by atoms with Crippen LogP contribution in [-0.2, 0) is 17.6 Å². The number of aryl methyl sites for hydroxylation is 2. The molecule has 1 aromatic carbocycles. The van der Waals surface area contributed by atoms with Gasteiger partial charge >= 0.3 is 0 Å². The average molecular weight is 246 g/mol. The Morgan fingerprint density at radius 3 is 2.78 bits per heavy atom. The van der Waals surface area contributed by atoms with Crippen LogP contribution in [0.2, 0.25) is 0 Å². The Kier molecular flexibility index (Phi) is 4.02. The molecule has 3 N–H and O–H groups in total. The van der Waals surface area contributed by atoms with Gasteiger partial charge in [0.15, 0.2) is 0 Å². The van der Waals surface area contributed by atoms with Gasteiger partial charge in [0.05, 0.1) is 5.92 Å². The molecule has 1 aliphatic rings. The first kappa shape index (κ1) is 13.1. The van der Waals surface area contributed by atoms with Gasteiger partial charge in [0.2, 0.25) is 5.91 Å². The van der Waals surface area contributed by atoms with Gasteiger partial charge in [-0.25, -0.2) is 0 Å². The summed E-state index contributed by atoms with van der Waals surface area (Å²) in [5.41, 5.74) is 10.3. The molecule has 1 aliphatic heterocycles. The first-order valence-electron chi connectivity index (χ1n) is 6.84. The Morgan fingerprint density at radius 1 is 1.33 bits per heavy atom. The number of carbonyl (C=O) groups excluding carboxylic acids is 1. The first-order chi connectivity index (χ1) is 8.67. The van der Waals surface area contributed by atoms with Crippen LogP contribution in [0.3, 0.4) is 0 Å². The summed E-state index contributed by atoms with van der Waals surface area (Å²) in [5.74, 6) is 0.110. The highest BCUT2D eigenvalue weighted by molar-refractivity contribution is 6.03. The number of fused-ring (bicyclic) bond motifs is 1. The molecule has 0 saturated heterocycles. The van der Waals surface area contributed by atoms with Crippen LogP contribution < -0.4 is 11.1 Å². The van der Waals surface area contributed by atoms with Crippen LogP contribution >= 0.6 is 0 Å². The van der Waals surface area contributed by atoms with Crippen molar-refractivity contribution in [1.82, 2.24) is 0 Å². The number of benzene rings is 1. The van der Waals surface area contributed by atoms with E-state index in [0.29, 0.717) is 0 Å². The molecule has 2 rings (SSSR count). The number of amides is 1. The van der Waals surface area contributed by atoms with E-state index in [0.717, 1.165) is 37.9 Å². The van der Waals surface area contributed by atoms with Gasteiger partial charge in [-0.1, -0.05) is 19.1 Å². The predicted molar refractivity (Wildman–Crippen MR) is 74.9 cm³/mol. The SMILES string of the molecule is CCc1cc(CCCCN)cc2c1NC(=O)C2C. The Labute approximate surface area is 109 Å². The van der Waals surface area contributed by atoms with Crippen molar-refractivity contribution in [2.24, 2.45) is 5.73 Å². The molecular formula is C15H22N2O. The second-order valence-electron chi connectivity index (χ2n) is 5.03. The minimum atomic E-state index is -0.0141. The third kappa shape index (κ3) is 2.41. The van der Waals surface area contributed by atoms with Crippen LogP contribution in [0.5, 0.6) is 0 Å². The normalized spacial score (nSPS) is 17.7. The Morgan fingerprint density at radius 2 is 2.11 bits per heavy atom. The zero-order valence-corrected chi connectivity index (χ0v) is 11.3. The Bertz CT molecular complexity index is 454. The van der Waals surface area contributed by atoms with Crippen LogP contribution in [0, 0.1) is 0 Å². The summed E-state index contributed by atoms with van der Waals surface area (Å²) in [6, 6.07) is 4.42. The van der Waals surface area contributed by atoms with Gasteiger partial charge in [0, 0.05) is 5.69 Å². The van der Waals surface area contributed by atoms with Crippen LogP contribution in [0.4, 0.5) is 5.69 Å². The van der Waals surface area contributed by atoms with Crippen molar-refractivity contribution in [3.63, 3.8) is 0 Å². The lowest BCUT2D eigenvalue weighted by molar-refractivity contribution is -0.116. The van der Waals surface area contributed by atoms with Crippen molar-refractivity contribution >= 4 is 11.6 Å². The molecule has 3 heteroatoms. The van der Waals surface area contributed by atoms with E-state index in [2.05, 4.69) is 24.4 Å². The highest BCUT2D eigenvalue weighted by Crippen LogP contribution is 2.36. The number of unbranched alkanes of at least 4 members (excludes halogenated alkanes) is 1. The molecule has 0 saturated carbocycles. The van der Waals surface area contributed by atoms with Crippen molar-refractivity contribution in [3.05, 3.63) is 28.8 Å². The van der Waals surface area contributed by atoms with Crippen molar-refractivity contribution in [2.45, 2.75) is 45.4 Å². The van der Waals surface area contributed by atoms with Crippen molar-refractivity contribution < 1.29 is 4.79 Å². The second-order valence-corrected chi connectivity index (χ2v) is 5.03. The molecule has 98 valence electrons. The van der Waals surface area contributed by atoms with Crippen molar-refractivity contribution in [2.75, 3.05) is 11.9 Å². The van der Waals surface area contributed by atoms with E-state index in [-0.39, 0.29) is 11.8 Å². The van der Waals surface area contributed by atoms with E-state index in [9.17, 15) is 4.79 Å². The van der Waals surface area contributed by atoms with Crippen molar-refractivity contribution in [1.29, 1.82) is 0 Å². The van der Waals surface area contributed by atoms with Crippen LogP contribution in [-0.4, -0.2) is 12.5 Å². The number of nitrogens with two attached hydrogens (primary N) is 1. The van der Waals surface area contributed by atoms with Gasteiger partial charge in [-0.2, -0.15) is 0 Å². The minimum absolute atomic E-state index is 0.0141. The molecule has 1 unspecified atom stereocenters. The summed E-state index contributed by atoms with van der Waals surface area (Å²) in [6.07, 6.45) is 4.19. The van der Waals surface area contributed by atoms with E-state index in [1.807, 2.05) is 6.92 Å². The molecule has 0 aromatic heterocycles. The second kappa shape index (κ2) is 5.53. The molecule has 1 heterocycles. The van der Waals surface area contributed by atoms with Crippen LogP contribution in [0.1, 0.15) is 49.3 Å². The number of anilines is 1. The summed E-state index contributed by atoms with van der Waals surface area (Å²) in [7, 11) is 0. The summed E-state index contributed by atoms with van der Waals surface area (Å²) < 4.78 is 0. The summed E-state index contributed by atoms with van der Waals surface area (Å²) in [6.45, 7) is 4.86. The van der Waals surface area contributed by atoms with Crippen LogP contribution in [0.15, 0.2) is 12.1 Å². The number of hydrogen-bond donors (Lipinski definition) is 2. The standard InChI is InChI=1S/C15H22N2O/c1-3-12-8-11(6-4-5-7-16)9-13-10(2)15(18)17-14(12)13/h8-10H,3-7,16H2,1-2H3,(H,17,18). The maximum absolute atomic E-state index is 11.7. The van der Waals surface area contributed by atoms with E-state index < -0.39 is 0 Å². The minimum Gasteiger partial charge on any atom is -0.330 e. The fraction of sp³-hybridized carbons (Fsp3) is 0.533. The third-order valence-corrected chi connectivity index (χ3v) is 3.72. The van der Waals surface area contributed by atoms with Gasteiger partial charge in [0.1, 0.15) is 0 Å². The highest BCUT2D eigenvalue weighted by Gasteiger charge is 2.28. The summed E-state index contributed by atoms with van der Waals surface area (Å²) in [4.78, 5) is 11.7. The molecule has 0 aliphatic carbocycles. The van der Waals surface area contributed by atoms with Gasteiger partial charge in [-0.05, 0) is 55.8 Å². The number of rotatable bonds is 5. The average Bonchev–Trinajstić information content (AvgIpc) is 2.66. The zero-order chi connectivity index (χ0) is 13.1. The summed E-state index contributed by atoms with van der Waals surface area (Å²) in [5, 5.41) is 3.00. The predicted octanol–water partition coefficient (Wildman–Crippen LogP) is 2.59. The molecule has 1 amide bonds. The topological polar surface area (TPSA) is 55.1 Å². The highest BCUT2D eigenvalue weighted by atomic mass is 16.2. The maximum Gasteiger partial charge on any atom is 0.231 e. The summed E-state index contributed by atoms with van der Waals surface area (Å²) >= 11 is 0. The van der Waals surface area contributed by atoms with E-state index in [1.165, 1.54) is 16.7 Å². The molecule has 1 aromatic rings. The molecule has 0 bridgehead atoms. The van der Waals surface area contributed by atoms with Crippen LogP contribution in [0.25, 0.3) is 0 Å². The fourth-order valence-electron chi connectivity index (χ4n) is 2.56. The van der Waals surface area contributed by atoms with Crippen molar-refractivity contribution in [3.8, 4) is 0 Å². The molecule has 1 atom stereocenters. The molecular weight excluding hydrogens is 224 g/mol. The van der Waals surface area contributed by atoms with E-state index in [4.69, 9.17) is 5.73 Å². The molecule has 0 spiro atoms. The monoisotopic (exact) mass is 246 g/mol. The maximum atomic E-state index is 11.7. The largest absolute Gasteiger partial charge is 0.330 e. The Balaban J connectivity index is 2.27. The van der Waals surface area contributed by atoms with Gasteiger partial charge in [-0.15, -0.1) is 0 Å². The quantitative estimate of drug-likeness (QED) is 0.785. The molecule has 18 heavy (non-hydrogen) atoms. The number of nitrogens with one attached hydrogen (secondary N) is 1. The number of carbonyl (C=O) groups is 1. The Hall–Kier alpha value is -1.35. The van der Waals surface area contributed by atoms with Gasteiger partial charge < -0.3 is 11.1 Å². The first-order valence-corrected chi connectivity index (χ1v) is 6.84. The lowest BCUT2D eigenvalue weighted by atomic mass is 9.94. The zero-order valence-electron chi connectivity index (χ0n) is 11.3. The lowest BCUT2D eigenvalue weighted by Crippen LogP contribution is -2.08. The van der Waals surface area contributed by atoms with E-state index in [1.54, 1.807) is 0 Å². The van der Waals surface area contributed by atoms with Gasteiger partial charge in [-0.3, -0.25) is 4.79 Å². The molecule has 0 fully saturated rings. The number of hydrogen-bond acceptors (Lipinski definition) is 2. The third-order valence-electron chi connectivity index (χ3n) is 3.72. The lowest BCUT2D eigenvalue weighted by Gasteiger charge is -2.11. The molecule has 3 nitrogen and oxygen atoms in total. The fourth-order valence-corrected chi connectivity index (χ4v) is 2.56. The van der Waals surface area contributed by atoms with Gasteiger partial charge in [0.25, 0.3) is 0 Å².